The van der Waals surface area contributed by atoms with E-state index in [0.717, 1.165) is 12.1 Å². The van der Waals surface area contributed by atoms with Crippen LogP contribution in [0.5, 0.6) is 11.5 Å². The Morgan fingerprint density at radius 3 is 2.56 bits per heavy atom. The molecular weight excluding hydrogens is 468 g/mol. The molecule has 4 rings (SSSR count). The molecule has 4 aromatic rings. The largest absolute Gasteiger partial charge is 0.454 e. The van der Waals surface area contributed by atoms with Crippen LogP contribution in [0.2, 0.25) is 0 Å². The maximum absolute atomic E-state index is 14.3. The number of aromatic amines is 1. The number of benzene rings is 2. The fourth-order valence-corrected chi connectivity index (χ4v) is 4.13. The van der Waals surface area contributed by atoms with Crippen LogP contribution in [0.25, 0.3) is 22.0 Å². The Labute approximate surface area is 192 Å². The molecule has 0 saturated heterocycles. The van der Waals surface area contributed by atoms with Crippen molar-refractivity contribution >= 4 is 32.9 Å². The number of fused-ring (bicyclic) bond motifs is 1. The minimum absolute atomic E-state index is 0.00629. The number of nitrogens with one attached hydrogen (secondary N) is 2. The maximum Gasteiger partial charge on any atom is 0.274 e. The fraction of sp³-hybridized carbons (Fsp3) is 0.130. The van der Waals surface area contributed by atoms with Crippen molar-refractivity contribution in [3.8, 4) is 22.6 Å². The van der Waals surface area contributed by atoms with Crippen LogP contribution in [-0.2, 0) is 17.1 Å². The summed E-state index contributed by atoms with van der Waals surface area (Å²) in [4.78, 5) is 27.1. The van der Waals surface area contributed by atoms with Crippen molar-refractivity contribution in [2.45, 2.75) is 6.92 Å². The lowest BCUT2D eigenvalue weighted by molar-refractivity contribution is 0.112. The second-order valence-electron chi connectivity index (χ2n) is 7.46. The molecule has 2 aromatic heterocycles. The van der Waals surface area contributed by atoms with Crippen molar-refractivity contribution in [3.63, 3.8) is 0 Å². The summed E-state index contributed by atoms with van der Waals surface area (Å²) >= 11 is 0. The molecule has 0 saturated carbocycles. The molecule has 0 bridgehead atoms. The molecule has 8 nitrogen and oxygen atoms in total. The Hall–Kier alpha value is -3.99. The van der Waals surface area contributed by atoms with Gasteiger partial charge in [0.1, 0.15) is 17.1 Å². The molecule has 34 heavy (non-hydrogen) atoms. The zero-order chi connectivity index (χ0) is 24.6. The average Bonchev–Trinajstić information content (AvgIpc) is 3.29. The number of sulfonamides is 1. The van der Waals surface area contributed by atoms with Crippen molar-refractivity contribution in [2.24, 2.45) is 7.05 Å². The zero-order valence-corrected chi connectivity index (χ0v) is 18.9. The predicted octanol–water partition coefficient (Wildman–Crippen LogP) is 4.18. The number of nitrogens with zero attached hydrogens (tertiary/aromatic N) is 1. The Morgan fingerprint density at radius 2 is 1.88 bits per heavy atom. The highest BCUT2D eigenvalue weighted by atomic mass is 32.2. The first kappa shape index (κ1) is 23.2. The van der Waals surface area contributed by atoms with Gasteiger partial charge in [0.15, 0.2) is 17.9 Å². The number of anilines is 1. The zero-order valence-electron chi connectivity index (χ0n) is 18.1. The molecule has 0 radical (unpaired) electrons. The van der Waals surface area contributed by atoms with Crippen LogP contribution in [0.3, 0.4) is 0 Å². The molecular formula is C23H19F2N3O5S. The molecule has 2 heterocycles. The summed E-state index contributed by atoms with van der Waals surface area (Å²) in [5.41, 5.74) is 0.625. The van der Waals surface area contributed by atoms with Crippen LogP contribution in [0, 0.1) is 11.6 Å². The average molecular weight is 487 g/mol. The number of carbonyl (C=O) groups is 1. The minimum Gasteiger partial charge on any atom is -0.454 e. The van der Waals surface area contributed by atoms with Crippen LogP contribution >= 0.6 is 0 Å². The van der Waals surface area contributed by atoms with Crippen LogP contribution < -0.4 is 15.0 Å². The highest BCUT2D eigenvalue weighted by Gasteiger charge is 2.20. The molecule has 0 amide bonds. The van der Waals surface area contributed by atoms with Crippen molar-refractivity contribution in [1.29, 1.82) is 0 Å². The number of pyridine rings is 1. The molecule has 0 unspecified atom stereocenters. The van der Waals surface area contributed by atoms with Crippen LogP contribution in [0.15, 0.2) is 53.6 Å². The summed E-state index contributed by atoms with van der Waals surface area (Å²) in [6.07, 6.45) is 3.51. The standard InChI is InChI=1S/C23H19F2N3O5S/c1-3-34(31,32)27-19-10-16(17-11-28(2)23(30)22-15(17)6-7-26-22)21(8-13(19)12-29)33-20-5-4-14(24)9-18(20)25/h4-12,26-27H,3H2,1-2H3. The number of aldehydes is 1. The van der Waals surface area contributed by atoms with Gasteiger partial charge in [-0.3, -0.25) is 14.3 Å². The first-order valence-corrected chi connectivity index (χ1v) is 11.7. The third-order valence-electron chi connectivity index (χ3n) is 5.22. The molecule has 2 N–H and O–H groups in total. The number of halogens is 2. The van der Waals surface area contributed by atoms with Gasteiger partial charge in [-0.15, -0.1) is 0 Å². The number of H-pyrrole nitrogens is 1. The summed E-state index contributed by atoms with van der Waals surface area (Å²) in [6, 6.07) is 7.03. The number of aromatic nitrogens is 2. The number of hydrogen-bond acceptors (Lipinski definition) is 5. The van der Waals surface area contributed by atoms with Crippen molar-refractivity contribution in [3.05, 3.63) is 76.3 Å². The number of rotatable bonds is 7. The second-order valence-corrected chi connectivity index (χ2v) is 9.47. The Bertz CT molecular complexity index is 1590. The first-order valence-electron chi connectivity index (χ1n) is 10.1. The van der Waals surface area contributed by atoms with E-state index in [1.165, 1.54) is 36.9 Å². The quantitative estimate of drug-likeness (QED) is 0.380. The van der Waals surface area contributed by atoms with Crippen LogP contribution in [-0.4, -0.2) is 30.0 Å². The van der Waals surface area contributed by atoms with Gasteiger partial charge in [-0.2, -0.15) is 0 Å². The molecule has 0 fully saturated rings. The molecule has 11 heteroatoms. The van der Waals surface area contributed by atoms with E-state index in [-0.39, 0.29) is 45.1 Å². The minimum atomic E-state index is -3.75. The first-order chi connectivity index (χ1) is 16.1. The van der Waals surface area contributed by atoms with Gasteiger partial charge in [0.2, 0.25) is 10.0 Å². The Morgan fingerprint density at radius 1 is 1.12 bits per heavy atom. The van der Waals surface area contributed by atoms with E-state index in [1.54, 1.807) is 12.3 Å². The molecule has 0 aliphatic heterocycles. The number of hydrogen-bond donors (Lipinski definition) is 2. The topological polar surface area (TPSA) is 110 Å². The van der Waals surface area contributed by atoms with Gasteiger partial charge in [0.25, 0.3) is 5.56 Å². The molecule has 0 atom stereocenters. The summed E-state index contributed by atoms with van der Waals surface area (Å²) in [5, 5.41) is 0.496. The highest BCUT2D eigenvalue weighted by Crippen LogP contribution is 2.40. The van der Waals surface area contributed by atoms with Gasteiger partial charge in [-0.1, -0.05) is 0 Å². The monoisotopic (exact) mass is 487 g/mol. The van der Waals surface area contributed by atoms with E-state index in [2.05, 4.69) is 9.71 Å². The molecule has 176 valence electrons. The van der Waals surface area contributed by atoms with Gasteiger partial charge in [0, 0.05) is 47.6 Å². The molecule has 2 aromatic carbocycles. The van der Waals surface area contributed by atoms with Gasteiger partial charge in [0.05, 0.1) is 11.4 Å². The summed E-state index contributed by atoms with van der Waals surface area (Å²) < 4.78 is 61.5. The summed E-state index contributed by atoms with van der Waals surface area (Å²) in [6.45, 7) is 1.44. The summed E-state index contributed by atoms with van der Waals surface area (Å²) in [7, 11) is -2.21. The van der Waals surface area contributed by atoms with E-state index in [9.17, 15) is 26.8 Å². The van der Waals surface area contributed by atoms with Crippen LogP contribution in [0.4, 0.5) is 14.5 Å². The normalized spacial score (nSPS) is 11.5. The van der Waals surface area contributed by atoms with Crippen molar-refractivity contribution in [1.82, 2.24) is 9.55 Å². The van der Waals surface area contributed by atoms with Gasteiger partial charge in [-0.05, 0) is 37.3 Å². The third kappa shape index (κ3) is 4.29. The lowest BCUT2D eigenvalue weighted by Crippen LogP contribution is -2.17. The van der Waals surface area contributed by atoms with Crippen LogP contribution in [0.1, 0.15) is 17.3 Å². The van der Waals surface area contributed by atoms with E-state index in [1.807, 2.05) is 0 Å². The lowest BCUT2D eigenvalue weighted by Gasteiger charge is -2.17. The Balaban J connectivity index is 2.01. The lowest BCUT2D eigenvalue weighted by atomic mass is 10.00. The van der Waals surface area contributed by atoms with Crippen molar-refractivity contribution < 1.29 is 26.7 Å². The number of aryl methyl sites for hydroxylation is 1. The van der Waals surface area contributed by atoms with Gasteiger partial charge < -0.3 is 14.3 Å². The van der Waals surface area contributed by atoms with Crippen molar-refractivity contribution in [2.75, 3.05) is 10.5 Å². The molecule has 0 aliphatic rings. The predicted molar refractivity (Wildman–Crippen MR) is 124 cm³/mol. The van der Waals surface area contributed by atoms with E-state index in [4.69, 9.17) is 4.74 Å². The summed E-state index contributed by atoms with van der Waals surface area (Å²) in [5.74, 6) is -2.32. The number of ether oxygens (including phenoxy) is 1. The number of carbonyl (C=O) groups excluding carboxylic acids is 1. The second kappa shape index (κ2) is 8.75. The molecule has 0 spiro atoms. The maximum atomic E-state index is 14.3. The Kier molecular flexibility index (Phi) is 5.96. The van der Waals surface area contributed by atoms with E-state index >= 15 is 0 Å². The van der Waals surface area contributed by atoms with Gasteiger partial charge >= 0.3 is 0 Å². The SMILES string of the molecule is CCS(=O)(=O)Nc1cc(-c2cn(C)c(=O)c3[nH]ccc23)c(Oc2ccc(F)cc2F)cc1C=O. The van der Waals surface area contributed by atoms with E-state index in [0.29, 0.717) is 23.3 Å². The fourth-order valence-electron chi connectivity index (χ4n) is 3.48. The molecule has 0 aliphatic carbocycles. The smallest absolute Gasteiger partial charge is 0.274 e. The van der Waals surface area contributed by atoms with Gasteiger partial charge in [-0.25, -0.2) is 17.2 Å². The third-order valence-corrected chi connectivity index (χ3v) is 6.51. The van der Waals surface area contributed by atoms with E-state index < -0.39 is 21.7 Å². The highest BCUT2D eigenvalue weighted by molar-refractivity contribution is 7.92.